The molecule has 72 valence electrons. The SMILES string of the molecule is Cl.Cl.N#Cc1cccc2cccnc12. The van der Waals surface area contributed by atoms with E-state index in [1.807, 2.05) is 24.3 Å². The van der Waals surface area contributed by atoms with Gasteiger partial charge in [-0.15, -0.1) is 24.8 Å². The van der Waals surface area contributed by atoms with Gasteiger partial charge in [-0.25, -0.2) is 0 Å². The van der Waals surface area contributed by atoms with E-state index in [0.717, 1.165) is 10.9 Å². The number of pyridine rings is 1. The zero-order chi connectivity index (χ0) is 8.39. The molecule has 0 saturated carbocycles. The Kier molecular flexibility index (Phi) is 4.93. The van der Waals surface area contributed by atoms with E-state index in [2.05, 4.69) is 11.1 Å². The quantitative estimate of drug-likeness (QED) is 0.693. The number of hydrogen-bond acceptors (Lipinski definition) is 2. The molecule has 14 heavy (non-hydrogen) atoms. The Morgan fingerprint density at radius 1 is 1.07 bits per heavy atom. The lowest BCUT2D eigenvalue weighted by Crippen LogP contribution is -1.81. The van der Waals surface area contributed by atoms with Gasteiger partial charge in [-0.2, -0.15) is 5.26 Å². The van der Waals surface area contributed by atoms with Crippen molar-refractivity contribution in [3.8, 4) is 6.07 Å². The first-order chi connectivity index (χ1) is 5.92. The molecule has 0 unspecified atom stereocenters. The highest BCUT2D eigenvalue weighted by atomic mass is 35.5. The molecule has 0 fully saturated rings. The van der Waals surface area contributed by atoms with Gasteiger partial charge in [-0.1, -0.05) is 18.2 Å². The topological polar surface area (TPSA) is 36.7 Å². The lowest BCUT2D eigenvalue weighted by Gasteiger charge is -1.95. The van der Waals surface area contributed by atoms with Crippen LogP contribution in [-0.2, 0) is 0 Å². The van der Waals surface area contributed by atoms with E-state index in [1.54, 1.807) is 12.3 Å². The van der Waals surface area contributed by atoms with Crippen LogP contribution in [-0.4, -0.2) is 4.98 Å². The van der Waals surface area contributed by atoms with Crippen LogP contribution in [0.15, 0.2) is 36.5 Å². The highest BCUT2D eigenvalue weighted by Gasteiger charge is 1.97. The highest BCUT2D eigenvalue weighted by molar-refractivity contribution is 5.85. The lowest BCUT2D eigenvalue weighted by molar-refractivity contribution is 1.39. The second kappa shape index (κ2) is 5.43. The van der Waals surface area contributed by atoms with Crippen molar-refractivity contribution in [2.75, 3.05) is 0 Å². The number of nitrogens with zero attached hydrogens (tertiary/aromatic N) is 2. The molecule has 2 nitrogen and oxygen atoms in total. The maximum absolute atomic E-state index is 8.75. The second-order valence-corrected chi connectivity index (χ2v) is 2.49. The number of halogens is 2. The average Bonchev–Trinajstić information content (AvgIpc) is 2.17. The maximum atomic E-state index is 8.75. The van der Waals surface area contributed by atoms with E-state index in [0.29, 0.717) is 5.56 Å². The number of para-hydroxylation sites is 1. The summed E-state index contributed by atoms with van der Waals surface area (Å²) in [5, 5.41) is 9.76. The normalized spacial score (nSPS) is 8.21. The van der Waals surface area contributed by atoms with Crippen LogP contribution in [0.25, 0.3) is 10.9 Å². The van der Waals surface area contributed by atoms with Crippen LogP contribution in [0.5, 0.6) is 0 Å². The third-order valence-electron chi connectivity index (χ3n) is 1.75. The number of fused-ring (bicyclic) bond motifs is 1. The number of rotatable bonds is 0. The highest BCUT2D eigenvalue weighted by Crippen LogP contribution is 2.14. The van der Waals surface area contributed by atoms with Crippen molar-refractivity contribution in [2.45, 2.75) is 0 Å². The Hall–Kier alpha value is -1.30. The number of nitriles is 1. The number of aromatic nitrogens is 1. The van der Waals surface area contributed by atoms with Crippen LogP contribution in [0, 0.1) is 11.3 Å². The van der Waals surface area contributed by atoms with E-state index in [-0.39, 0.29) is 24.8 Å². The fraction of sp³-hybridized carbons (Fsp3) is 0. The monoisotopic (exact) mass is 226 g/mol. The Morgan fingerprint density at radius 2 is 1.79 bits per heavy atom. The van der Waals surface area contributed by atoms with Gasteiger partial charge in [0.05, 0.1) is 11.1 Å². The van der Waals surface area contributed by atoms with Gasteiger partial charge in [0.2, 0.25) is 0 Å². The Labute approximate surface area is 94.4 Å². The largest absolute Gasteiger partial charge is 0.255 e. The zero-order valence-electron chi connectivity index (χ0n) is 7.18. The molecule has 0 N–H and O–H groups in total. The summed E-state index contributed by atoms with van der Waals surface area (Å²) in [6, 6.07) is 11.5. The third-order valence-corrected chi connectivity index (χ3v) is 1.75. The summed E-state index contributed by atoms with van der Waals surface area (Å²) in [4.78, 5) is 4.13. The minimum atomic E-state index is 0. The molecule has 0 bridgehead atoms. The first-order valence-corrected chi connectivity index (χ1v) is 3.65. The van der Waals surface area contributed by atoms with Crippen molar-refractivity contribution in [3.05, 3.63) is 42.1 Å². The first-order valence-electron chi connectivity index (χ1n) is 3.65. The predicted molar refractivity (Wildman–Crippen MR) is 61.0 cm³/mol. The van der Waals surface area contributed by atoms with Gasteiger partial charge in [-0.05, 0) is 12.1 Å². The van der Waals surface area contributed by atoms with E-state index in [4.69, 9.17) is 5.26 Å². The van der Waals surface area contributed by atoms with Crippen LogP contribution in [0.1, 0.15) is 5.56 Å². The van der Waals surface area contributed by atoms with E-state index < -0.39 is 0 Å². The molecule has 0 saturated heterocycles. The van der Waals surface area contributed by atoms with Crippen molar-refractivity contribution in [1.29, 1.82) is 5.26 Å². The Balaban J connectivity index is 0.000000845. The summed E-state index contributed by atoms with van der Waals surface area (Å²) in [7, 11) is 0. The van der Waals surface area contributed by atoms with Gasteiger partial charge in [0.25, 0.3) is 0 Å². The first kappa shape index (κ1) is 12.7. The summed E-state index contributed by atoms with van der Waals surface area (Å²) in [6.45, 7) is 0. The van der Waals surface area contributed by atoms with Crippen LogP contribution in [0.2, 0.25) is 0 Å². The number of hydrogen-bond donors (Lipinski definition) is 0. The van der Waals surface area contributed by atoms with Crippen molar-refractivity contribution < 1.29 is 0 Å². The summed E-state index contributed by atoms with van der Waals surface area (Å²) >= 11 is 0. The van der Waals surface area contributed by atoms with Gasteiger partial charge in [0, 0.05) is 11.6 Å². The predicted octanol–water partition coefficient (Wildman–Crippen LogP) is 2.95. The summed E-state index contributed by atoms with van der Waals surface area (Å²) < 4.78 is 0. The van der Waals surface area contributed by atoms with Crippen molar-refractivity contribution in [2.24, 2.45) is 0 Å². The molecule has 0 radical (unpaired) electrons. The molecule has 4 heteroatoms. The van der Waals surface area contributed by atoms with E-state index >= 15 is 0 Å². The minimum Gasteiger partial charge on any atom is -0.255 e. The molecule has 2 aromatic rings. The Bertz CT molecular complexity index is 458. The van der Waals surface area contributed by atoms with E-state index in [1.165, 1.54) is 0 Å². The Morgan fingerprint density at radius 3 is 2.50 bits per heavy atom. The van der Waals surface area contributed by atoms with Gasteiger partial charge in [0.15, 0.2) is 0 Å². The van der Waals surface area contributed by atoms with Crippen LogP contribution >= 0.6 is 24.8 Å². The zero-order valence-corrected chi connectivity index (χ0v) is 8.81. The lowest BCUT2D eigenvalue weighted by atomic mass is 10.1. The molecule has 0 aliphatic heterocycles. The van der Waals surface area contributed by atoms with Gasteiger partial charge < -0.3 is 0 Å². The molecule has 1 aromatic heterocycles. The van der Waals surface area contributed by atoms with E-state index in [9.17, 15) is 0 Å². The molecular weight excluding hydrogens is 219 g/mol. The van der Waals surface area contributed by atoms with Crippen molar-refractivity contribution in [3.63, 3.8) is 0 Å². The minimum absolute atomic E-state index is 0. The molecule has 0 aliphatic carbocycles. The van der Waals surface area contributed by atoms with Gasteiger partial charge in [0.1, 0.15) is 6.07 Å². The molecular formula is C10H8Cl2N2. The molecule has 1 heterocycles. The van der Waals surface area contributed by atoms with Crippen LogP contribution in [0.3, 0.4) is 0 Å². The fourth-order valence-corrected chi connectivity index (χ4v) is 1.19. The van der Waals surface area contributed by atoms with Crippen molar-refractivity contribution in [1.82, 2.24) is 4.98 Å². The van der Waals surface area contributed by atoms with Crippen LogP contribution in [0.4, 0.5) is 0 Å². The summed E-state index contributed by atoms with van der Waals surface area (Å²) in [5.74, 6) is 0. The molecule has 0 aliphatic rings. The number of benzene rings is 1. The summed E-state index contributed by atoms with van der Waals surface area (Å²) in [5.41, 5.74) is 1.41. The van der Waals surface area contributed by atoms with Gasteiger partial charge in [-0.3, -0.25) is 4.98 Å². The summed E-state index contributed by atoms with van der Waals surface area (Å²) in [6.07, 6.45) is 1.70. The van der Waals surface area contributed by atoms with Gasteiger partial charge >= 0.3 is 0 Å². The average molecular weight is 227 g/mol. The molecule has 0 amide bonds. The fourth-order valence-electron chi connectivity index (χ4n) is 1.19. The molecule has 0 atom stereocenters. The molecule has 1 aromatic carbocycles. The molecule has 0 spiro atoms. The van der Waals surface area contributed by atoms with Crippen molar-refractivity contribution >= 4 is 35.7 Å². The smallest absolute Gasteiger partial charge is 0.101 e. The standard InChI is InChI=1S/C10H6N2.2ClH/c11-7-9-4-1-3-8-5-2-6-12-10(8)9;;/h1-6H;2*1H. The third kappa shape index (κ3) is 2.14. The molecule has 2 rings (SSSR count). The maximum Gasteiger partial charge on any atom is 0.101 e. The van der Waals surface area contributed by atoms with Crippen LogP contribution < -0.4 is 0 Å². The second-order valence-electron chi connectivity index (χ2n) is 2.49.